The highest BCUT2D eigenvalue weighted by Crippen LogP contribution is 2.33. The van der Waals surface area contributed by atoms with Crippen LogP contribution in [-0.4, -0.2) is 30.9 Å². The Balaban J connectivity index is 1.57. The van der Waals surface area contributed by atoms with Crippen molar-refractivity contribution in [3.8, 4) is 0 Å². The number of halogens is 3. The van der Waals surface area contributed by atoms with E-state index in [-0.39, 0.29) is 16.8 Å². The van der Waals surface area contributed by atoms with Crippen LogP contribution < -0.4 is 11.0 Å². The maximum atomic E-state index is 13.1. The third-order valence-electron chi connectivity index (χ3n) is 5.01. The molecule has 0 aliphatic carbocycles. The number of unbranched alkanes of at least 4 members (excludes halogenated alkanes) is 1. The molecule has 0 fully saturated rings. The number of carbonyl (C=O) groups excluding carboxylic acids is 1. The highest BCUT2D eigenvalue weighted by molar-refractivity contribution is 7.99. The Bertz CT molecular complexity index is 1390. The van der Waals surface area contributed by atoms with E-state index in [1.165, 1.54) is 17.4 Å². The Morgan fingerprint density at radius 2 is 2.03 bits per heavy atom. The fraction of sp³-hybridized carbons (Fsp3) is 0.333. The molecule has 4 aromatic rings. The van der Waals surface area contributed by atoms with Gasteiger partial charge in [-0.05, 0) is 43.0 Å². The molecule has 0 saturated carbocycles. The minimum Gasteiger partial charge on any atom is -0.319 e. The maximum absolute atomic E-state index is 13.1. The van der Waals surface area contributed by atoms with E-state index >= 15 is 0 Å². The standard InChI is InChI=1S/C21H20F3N5O2S2/c1-3-4-8-28-16-6-5-13(21(22,23)24)10-15(16)26-20(28)33-11-17(30)27-29-12(2)25-18-14(19(29)31)7-9-32-18/h5-7,9-10H,3-4,8,11H2,1-2H3,(H,27,30). The fourth-order valence-corrected chi connectivity index (χ4v) is 4.99. The van der Waals surface area contributed by atoms with Gasteiger partial charge >= 0.3 is 6.18 Å². The second-order valence-electron chi connectivity index (χ2n) is 7.36. The van der Waals surface area contributed by atoms with Gasteiger partial charge in [0.2, 0.25) is 5.91 Å². The molecular formula is C21H20F3N5O2S2. The average molecular weight is 496 g/mol. The summed E-state index contributed by atoms with van der Waals surface area (Å²) in [4.78, 5) is 34.5. The number of aryl methyl sites for hydroxylation is 2. The van der Waals surface area contributed by atoms with Crippen LogP contribution >= 0.6 is 23.1 Å². The molecule has 12 heteroatoms. The smallest absolute Gasteiger partial charge is 0.319 e. The Morgan fingerprint density at radius 1 is 1.24 bits per heavy atom. The zero-order valence-electron chi connectivity index (χ0n) is 17.8. The summed E-state index contributed by atoms with van der Waals surface area (Å²) in [6, 6.07) is 5.12. The summed E-state index contributed by atoms with van der Waals surface area (Å²) < 4.78 is 42.2. The van der Waals surface area contributed by atoms with Gasteiger partial charge in [-0.3, -0.25) is 15.0 Å². The van der Waals surface area contributed by atoms with Crippen LogP contribution in [0, 0.1) is 6.92 Å². The van der Waals surface area contributed by atoms with Crippen molar-refractivity contribution in [1.82, 2.24) is 19.2 Å². The van der Waals surface area contributed by atoms with Gasteiger partial charge in [0.25, 0.3) is 5.56 Å². The van der Waals surface area contributed by atoms with Crippen molar-refractivity contribution in [3.63, 3.8) is 0 Å². The molecule has 0 aliphatic heterocycles. The van der Waals surface area contributed by atoms with Gasteiger partial charge < -0.3 is 4.57 Å². The first-order valence-electron chi connectivity index (χ1n) is 10.2. The van der Waals surface area contributed by atoms with Crippen LogP contribution in [0.25, 0.3) is 21.3 Å². The van der Waals surface area contributed by atoms with E-state index in [1.54, 1.807) is 18.4 Å². The maximum Gasteiger partial charge on any atom is 0.416 e. The molecule has 174 valence electrons. The van der Waals surface area contributed by atoms with Crippen molar-refractivity contribution in [2.75, 3.05) is 11.2 Å². The quantitative estimate of drug-likeness (QED) is 0.373. The molecule has 33 heavy (non-hydrogen) atoms. The molecule has 7 nitrogen and oxygen atoms in total. The van der Waals surface area contributed by atoms with Crippen molar-refractivity contribution in [2.45, 2.75) is 44.6 Å². The zero-order chi connectivity index (χ0) is 23.8. The van der Waals surface area contributed by atoms with E-state index in [1.807, 2.05) is 11.5 Å². The van der Waals surface area contributed by atoms with Gasteiger partial charge in [-0.15, -0.1) is 11.3 Å². The lowest BCUT2D eigenvalue weighted by molar-refractivity contribution is -0.137. The Morgan fingerprint density at radius 3 is 2.76 bits per heavy atom. The van der Waals surface area contributed by atoms with Crippen molar-refractivity contribution >= 4 is 50.3 Å². The minimum atomic E-state index is -4.46. The van der Waals surface area contributed by atoms with Gasteiger partial charge in [-0.2, -0.15) is 13.2 Å². The minimum absolute atomic E-state index is 0.0743. The number of fused-ring (bicyclic) bond motifs is 2. The summed E-state index contributed by atoms with van der Waals surface area (Å²) >= 11 is 2.45. The number of nitrogens with one attached hydrogen (secondary N) is 1. The third kappa shape index (κ3) is 4.76. The fourth-order valence-electron chi connectivity index (χ4n) is 3.36. The predicted octanol–water partition coefficient (Wildman–Crippen LogP) is 4.80. The van der Waals surface area contributed by atoms with E-state index in [9.17, 15) is 22.8 Å². The Kier molecular flexibility index (Phi) is 6.48. The zero-order valence-corrected chi connectivity index (χ0v) is 19.4. The van der Waals surface area contributed by atoms with Gasteiger partial charge in [0.05, 0.1) is 27.7 Å². The number of imidazole rings is 1. The SMILES string of the molecule is CCCCn1c(SCC(=O)Nn2c(C)nc3sccc3c2=O)nc2cc(C(F)(F)F)ccc21. The first-order chi connectivity index (χ1) is 15.7. The molecule has 0 bridgehead atoms. The summed E-state index contributed by atoms with van der Waals surface area (Å²) in [6.07, 6.45) is -2.75. The second kappa shape index (κ2) is 9.18. The molecule has 0 radical (unpaired) electrons. The van der Waals surface area contributed by atoms with Crippen molar-refractivity contribution in [3.05, 3.63) is 51.4 Å². The normalized spacial score (nSPS) is 12.0. The first kappa shape index (κ1) is 23.3. The molecular weight excluding hydrogens is 475 g/mol. The summed E-state index contributed by atoms with van der Waals surface area (Å²) in [7, 11) is 0. The van der Waals surface area contributed by atoms with E-state index in [0.29, 0.717) is 33.3 Å². The van der Waals surface area contributed by atoms with Gasteiger partial charge in [0.1, 0.15) is 10.7 Å². The number of nitrogens with zero attached hydrogens (tertiary/aromatic N) is 4. The number of amides is 1. The number of thioether (sulfide) groups is 1. The molecule has 0 saturated heterocycles. The largest absolute Gasteiger partial charge is 0.416 e. The molecule has 3 heterocycles. The average Bonchev–Trinajstić information content (AvgIpc) is 3.36. The van der Waals surface area contributed by atoms with Gasteiger partial charge in [-0.1, -0.05) is 25.1 Å². The molecule has 0 unspecified atom stereocenters. The molecule has 0 spiro atoms. The lowest BCUT2D eigenvalue weighted by Gasteiger charge is -2.11. The summed E-state index contributed by atoms with van der Waals surface area (Å²) in [5.41, 5.74) is 2.23. The van der Waals surface area contributed by atoms with Gasteiger partial charge in [0, 0.05) is 6.54 Å². The third-order valence-corrected chi connectivity index (χ3v) is 6.79. The van der Waals surface area contributed by atoms with Crippen molar-refractivity contribution in [2.24, 2.45) is 0 Å². The number of carbonyl (C=O) groups is 1. The van der Waals surface area contributed by atoms with E-state index in [4.69, 9.17) is 0 Å². The van der Waals surface area contributed by atoms with E-state index in [0.717, 1.165) is 41.4 Å². The van der Waals surface area contributed by atoms with E-state index in [2.05, 4.69) is 15.4 Å². The monoisotopic (exact) mass is 495 g/mol. The lowest BCUT2D eigenvalue weighted by atomic mass is 10.2. The number of hydrogen-bond acceptors (Lipinski definition) is 6. The number of thiophene rings is 1. The molecule has 1 N–H and O–H groups in total. The number of aromatic nitrogens is 4. The van der Waals surface area contributed by atoms with Crippen LogP contribution in [0.3, 0.4) is 0 Å². The highest BCUT2D eigenvalue weighted by atomic mass is 32.2. The van der Waals surface area contributed by atoms with Crippen LogP contribution in [-0.2, 0) is 17.5 Å². The Labute approximate surface area is 194 Å². The van der Waals surface area contributed by atoms with Crippen LogP contribution in [0.1, 0.15) is 31.2 Å². The van der Waals surface area contributed by atoms with Gasteiger partial charge in [0.15, 0.2) is 5.16 Å². The summed E-state index contributed by atoms with van der Waals surface area (Å²) in [6.45, 7) is 4.20. The van der Waals surface area contributed by atoms with Crippen molar-refractivity contribution in [1.29, 1.82) is 0 Å². The number of rotatable bonds is 7. The molecule has 3 aromatic heterocycles. The van der Waals surface area contributed by atoms with E-state index < -0.39 is 17.6 Å². The number of hydrogen-bond donors (Lipinski definition) is 1. The van der Waals surface area contributed by atoms with Crippen LogP contribution in [0.2, 0.25) is 0 Å². The second-order valence-corrected chi connectivity index (χ2v) is 9.20. The summed E-state index contributed by atoms with van der Waals surface area (Å²) in [5.74, 6) is -0.176. The topological polar surface area (TPSA) is 81.8 Å². The molecule has 1 amide bonds. The van der Waals surface area contributed by atoms with Crippen molar-refractivity contribution < 1.29 is 18.0 Å². The molecule has 4 rings (SSSR count). The molecule has 0 atom stereocenters. The van der Waals surface area contributed by atoms with Crippen LogP contribution in [0.4, 0.5) is 13.2 Å². The molecule has 0 aliphatic rings. The van der Waals surface area contributed by atoms with Gasteiger partial charge in [-0.25, -0.2) is 14.6 Å². The summed E-state index contributed by atoms with van der Waals surface area (Å²) in [5, 5.41) is 2.62. The lowest BCUT2D eigenvalue weighted by Crippen LogP contribution is -2.36. The van der Waals surface area contributed by atoms with Crippen LogP contribution in [0.15, 0.2) is 39.6 Å². The Hall–Kier alpha value is -2.86. The highest BCUT2D eigenvalue weighted by Gasteiger charge is 2.31. The predicted molar refractivity (Wildman–Crippen MR) is 123 cm³/mol. The number of benzene rings is 1. The molecule has 1 aromatic carbocycles. The van der Waals surface area contributed by atoms with Crippen LogP contribution in [0.5, 0.6) is 0 Å². The number of alkyl halides is 3. The first-order valence-corrected chi connectivity index (χ1v) is 12.0.